The lowest BCUT2D eigenvalue weighted by Gasteiger charge is -2.22. The number of nitrogens with zero attached hydrogens (tertiary/aromatic N) is 3. The third-order valence-electron chi connectivity index (χ3n) is 5.05. The lowest BCUT2D eigenvalue weighted by Crippen LogP contribution is -2.32. The highest BCUT2D eigenvalue weighted by Crippen LogP contribution is 2.31. The fourth-order valence-corrected chi connectivity index (χ4v) is 6.42. The number of para-hydroxylation sites is 1. The molecular formula is C23H28ClN3O2S2. The van der Waals surface area contributed by atoms with Crippen LogP contribution < -0.4 is 4.80 Å². The SMILES string of the molecule is CCCN(CCC)S(=O)(=O)c1cc(-c2csc(=Nc3ccccc3C)n2C)ccc1Cl. The fraction of sp³-hybridized carbons (Fsp3) is 0.348. The molecule has 0 bridgehead atoms. The van der Waals surface area contributed by atoms with Gasteiger partial charge in [-0.25, -0.2) is 13.4 Å². The molecule has 0 amide bonds. The summed E-state index contributed by atoms with van der Waals surface area (Å²) in [6.07, 6.45) is 1.50. The van der Waals surface area contributed by atoms with E-state index in [9.17, 15) is 8.42 Å². The van der Waals surface area contributed by atoms with Gasteiger partial charge in [-0.1, -0.05) is 49.7 Å². The van der Waals surface area contributed by atoms with Gasteiger partial charge in [0.15, 0.2) is 4.80 Å². The van der Waals surface area contributed by atoms with Crippen LogP contribution in [-0.4, -0.2) is 30.4 Å². The van der Waals surface area contributed by atoms with Gasteiger partial charge in [-0.2, -0.15) is 4.31 Å². The number of sulfonamides is 1. The zero-order valence-electron chi connectivity index (χ0n) is 18.3. The van der Waals surface area contributed by atoms with Gasteiger partial charge in [-0.05, 0) is 43.5 Å². The fourth-order valence-electron chi connectivity index (χ4n) is 3.38. The Bertz CT molecular complexity index is 1220. The van der Waals surface area contributed by atoms with Crippen LogP contribution in [0.25, 0.3) is 11.3 Å². The minimum absolute atomic E-state index is 0.150. The summed E-state index contributed by atoms with van der Waals surface area (Å²) in [4.78, 5) is 5.77. The minimum atomic E-state index is -3.67. The van der Waals surface area contributed by atoms with Gasteiger partial charge in [-0.3, -0.25) is 0 Å². The first-order valence-corrected chi connectivity index (χ1v) is 13.0. The minimum Gasteiger partial charge on any atom is -0.320 e. The molecule has 0 aliphatic heterocycles. The zero-order chi connectivity index (χ0) is 22.6. The molecule has 0 atom stereocenters. The van der Waals surface area contributed by atoms with Crippen molar-refractivity contribution in [2.24, 2.45) is 12.0 Å². The highest BCUT2D eigenvalue weighted by atomic mass is 35.5. The van der Waals surface area contributed by atoms with E-state index >= 15 is 0 Å². The molecule has 0 N–H and O–H groups in total. The van der Waals surface area contributed by atoms with Crippen molar-refractivity contribution < 1.29 is 8.42 Å². The van der Waals surface area contributed by atoms with E-state index in [4.69, 9.17) is 16.6 Å². The van der Waals surface area contributed by atoms with E-state index in [1.165, 1.54) is 15.6 Å². The van der Waals surface area contributed by atoms with E-state index < -0.39 is 10.0 Å². The Labute approximate surface area is 193 Å². The van der Waals surface area contributed by atoms with Crippen LogP contribution in [0.1, 0.15) is 32.3 Å². The molecule has 3 rings (SSSR count). The van der Waals surface area contributed by atoms with Gasteiger partial charge in [0.05, 0.1) is 16.4 Å². The molecule has 0 fully saturated rings. The summed E-state index contributed by atoms with van der Waals surface area (Å²) in [5.74, 6) is 0. The summed E-state index contributed by atoms with van der Waals surface area (Å²) in [6.45, 7) is 6.93. The van der Waals surface area contributed by atoms with Crippen molar-refractivity contribution in [2.45, 2.75) is 38.5 Å². The molecule has 0 spiro atoms. The largest absolute Gasteiger partial charge is 0.320 e. The Morgan fingerprint density at radius 3 is 2.42 bits per heavy atom. The van der Waals surface area contributed by atoms with Crippen molar-refractivity contribution in [2.75, 3.05) is 13.1 Å². The van der Waals surface area contributed by atoms with Crippen molar-refractivity contribution >= 4 is 38.6 Å². The summed E-state index contributed by atoms with van der Waals surface area (Å²) in [5, 5.41) is 2.23. The molecule has 31 heavy (non-hydrogen) atoms. The molecule has 0 radical (unpaired) electrons. The second-order valence-corrected chi connectivity index (χ2v) is 10.6. The Morgan fingerprint density at radius 1 is 1.10 bits per heavy atom. The van der Waals surface area contributed by atoms with Crippen LogP contribution in [0.3, 0.4) is 0 Å². The molecule has 0 saturated carbocycles. The lowest BCUT2D eigenvalue weighted by atomic mass is 10.2. The molecule has 2 aromatic carbocycles. The Hall–Kier alpha value is -1.93. The first kappa shape index (κ1) is 23.7. The average Bonchev–Trinajstić information content (AvgIpc) is 3.10. The second-order valence-electron chi connectivity index (χ2n) is 7.41. The van der Waals surface area contributed by atoms with Crippen LogP contribution in [0.15, 0.2) is 57.7 Å². The van der Waals surface area contributed by atoms with Crippen LogP contribution in [-0.2, 0) is 17.1 Å². The molecule has 0 aliphatic rings. The smallest absolute Gasteiger partial charge is 0.244 e. The molecular weight excluding hydrogens is 450 g/mol. The predicted octanol–water partition coefficient (Wildman–Crippen LogP) is 5.76. The number of rotatable bonds is 8. The first-order valence-electron chi connectivity index (χ1n) is 10.3. The average molecular weight is 478 g/mol. The summed E-state index contributed by atoms with van der Waals surface area (Å²) in [5.41, 5.74) is 3.70. The van der Waals surface area contributed by atoms with Crippen molar-refractivity contribution in [1.29, 1.82) is 0 Å². The summed E-state index contributed by atoms with van der Waals surface area (Å²) >= 11 is 7.87. The molecule has 8 heteroatoms. The van der Waals surface area contributed by atoms with Gasteiger partial charge in [0.1, 0.15) is 4.90 Å². The van der Waals surface area contributed by atoms with E-state index in [0.717, 1.165) is 40.2 Å². The van der Waals surface area contributed by atoms with E-state index in [-0.39, 0.29) is 9.92 Å². The number of aryl methyl sites for hydroxylation is 1. The van der Waals surface area contributed by atoms with Crippen LogP contribution in [0.5, 0.6) is 0 Å². The van der Waals surface area contributed by atoms with Gasteiger partial charge in [0.25, 0.3) is 0 Å². The molecule has 5 nitrogen and oxygen atoms in total. The van der Waals surface area contributed by atoms with Crippen molar-refractivity contribution in [3.05, 3.63) is 63.2 Å². The van der Waals surface area contributed by atoms with Crippen molar-refractivity contribution in [1.82, 2.24) is 8.87 Å². The standard InChI is InChI=1S/C23H28ClN3O2S2/c1-5-13-27(14-6-2)31(28,29)22-15-18(11-12-19(22)24)21-16-30-23(26(21)4)25-20-10-8-7-9-17(20)3/h7-12,15-16H,5-6,13-14H2,1-4H3. The molecule has 1 aromatic heterocycles. The van der Waals surface area contributed by atoms with Crippen molar-refractivity contribution in [3.63, 3.8) is 0 Å². The second kappa shape index (κ2) is 10.1. The quantitative estimate of drug-likeness (QED) is 0.414. The summed E-state index contributed by atoms with van der Waals surface area (Å²) in [6, 6.07) is 13.2. The third kappa shape index (κ3) is 5.12. The first-order chi connectivity index (χ1) is 14.8. The van der Waals surface area contributed by atoms with Crippen LogP contribution >= 0.6 is 22.9 Å². The maximum Gasteiger partial charge on any atom is 0.244 e. The third-order valence-corrected chi connectivity index (χ3v) is 8.34. The topological polar surface area (TPSA) is 54.7 Å². The lowest BCUT2D eigenvalue weighted by molar-refractivity contribution is 0.410. The van der Waals surface area contributed by atoms with Gasteiger partial charge in [0.2, 0.25) is 10.0 Å². The van der Waals surface area contributed by atoms with Gasteiger partial charge in [-0.15, -0.1) is 11.3 Å². The van der Waals surface area contributed by atoms with Gasteiger partial charge in [0, 0.05) is 31.1 Å². The predicted molar refractivity (Wildman–Crippen MR) is 129 cm³/mol. The van der Waals surface area contributed by atoms with E-state index in [2.05, 4.69) is 0 Å². The Balaban J connectivity index is 2.07. The van der Waals surface area contributed by atoms with E-state index in [0.29, 0.717) is 13.1 Å². The maximum atomic E-state index is 13.3. The number of halogens is 1. The van der Waals surface area contributed by atoms with Crippen LogP contribution in [0.4, 0.5) is 5.69 Å². The monoisotopic (exact) mass is 477 g/mol. The molecule has 0 aliphatic carbocycles. The number of hydrogen-bond donors (Lipinski definition) is 0. The molecule has 3 aromatic rings. The normalized spacial score (nSPS) is 12.6. The van der Waals surface area contributed by atoms with E-state index in [1.54, 1.807) is 12.1 Å². The summed E-state index contributed by atoms with van der Waals surface area (Å²) < 4.78 is 30.1. The van der Waals surface area contributed by atoms with E-state index in [1.807, 2.05) is 68.1 Å². The Morgan fingerprint density at radius 2 is 1.77 bits per heavy atom. The van der Waals surface area contributed by atoms with Gasteiger partial charge >= 0.3 is 0 Å². The molecule has 0 unspecified atom stereocenters. The number of aromatic nitrogens is 1. The van der Waals surface area contributed by atoms with Crippen LogP contribution in [0, 0.1) is 6.92 Å². The summed E-state index contributed by atoms with van der Waals surface area (Å²) in [7, 11) is -1.74. The number of thiazole rings is 1. The molecule has 166 valence electrons. The van der Waals surface area contributed by atoms with Crippen LogP contribution in [0.2, 0.25) is 5.02 Å². The van der Waals surface area contributed by atoms with Gasteiger partial charge < -0.3 is 4.57 Å². The highest BCUT2D eigenvalue weighted by Gasteiger charge is 2.26. The Kier molecular flexibility index (Phi) is 7.75. The highest BCUT2D eigenvalue weighted by molar-refractivity contribution is 7.89. The molecule has 1 heterocycles. The number of hydrogen-bond acceptors (Lipinski definition) is 4. The molecule has 0 saturated heterocycles. The van der Waals surface area contributed by atoms with Crippen molar-refractivity contribution in [3.8, 4) is 11.3 Å². The zero-order valence-corrected chi connectivity index (χ0v) is 20.7. The maximum absolute atomic E-state index is 13.3. The number of benzene rings is 2.